The fourth-order valence-corrected chi connectivity index (χ4v) is 2.81. The molecule has 1 aliphatic heterocycles. The first-order valence-electron chi connectivity index (χ1n) is 8.26. The molecule has 2 aromatic carbocycles. The zero-order chi connectivity index (χ0) is 19.4. The van der Waals surface area contributed by atoms with E-state index in [1.807, 2.05) is 30.3 Å². The van der Waals surface area contributed by atoms with Gasteiger partial charge in [-0.1, -0.05) is 53.7 Å². The Hall–Kier alpha value is -2.87. The summed E-state index contributed by atoms with van der Waals surface area (Å²) in [5.74, 6) is -0.586. The molecule has 3 rings (SSSR count). The van der Waals surface area contributed by atoms with Crippen molar-refractivity contribution in [3.8, 4) is 0 Å². The molecule has 27 heavy (non-hydrogen) atoms. The van der Waals surface area contributed by atoms with E-state index in [0.717, 1.165) is 11.6 Å². The molecular weight excluding hydrogens is 361 g/mol. The van der Waals surface area contributed by atoms with Gasteiger partial charge in [-0.05, 0) is 17.2 Å². The van der Waals surface area contributed by atoms with Crippen LogP contribution in [0.2, 0.25) is 0 Å². The van der Waals surface area contributed by atoms with Gasteiger partial charge in [-0.15, -0.1) is 0 Å². The van der Waals surface area contributed by atoms with E-state index in [4.69, 9.17) is 4.84 Å². The van der Waals surface area contributed by atoms with Crippen molar-refractivity contribution >= 4 is 11.6 Å². The Labute approximate surface area is 153 Å². The van der Waals surface area contributed by atoms with Crippen molar-refractivity contribution < 1.29 is 27.9 Å². The number of amides is 1. The number of alkyl halides is 3. The highest BCUT2D eigenvalue weighted by molar-refractivity contribution is 6.39. The summed E-state index contributed by atoms with van der Waals surface area (Å²) in [7, 11) is 0. The molecule has 0 aromatic heterocycles. The van der Waals surface area contributed by atoms with E-state index in [-0.39, 0.29) is 30.3 Å². The largest absolute Gasteiger partial charge is 0.416 e. The lowest BCUT2D eigenvalue weighted by molar-refractivity contribution is -0.139. The van der Waals surface area contributed by atoms with Gasteiger partial charge in [0.1, 0.15) is 5.71 Å². The standard InChI is InChI=1S/C19H17F3N2O3/c20-19(21,22)14-9-5-4-8-13(14)16(25)11-23-18(26)15-10-17(27-24-15)12-6-2-1-3-7-12/h1-9,16-17,25H,10-11H2,(H,23,26)/t16-,17-/m0/s1. The molecule has 2 atom stereocenters. The van der Waals surface area contributed by atoms with Gasteiger partial charge in [-0.25, -0.2) is 0 Å². The first kappa shape index (κ1) is 18.9. The maximum Gasteiger partial charge on any atom is 0.416 e. The molecule has 0 aliphatic carbocycles. The fourth-order valence-electron chi connectivity index (χ4n) is 2.81. The summed E-state index contributed by atoms with van der Waals surface area (Å²) in [6.07, 6.45) is -6.23. The SMILES string of the molecule is O=C(NC[C@H](O)c1ccccc1C(F)(F)F)C1=NO[C@H](c2ccccc2)C1. The van der Waals surface area contributed by atoms with E-state index in [9.17, 15) is 23.1 Å². The van der Waals surface area contributed by atoms with Crippen LogP contribution in [0.1, 0.15) is 35.3 Å². The molecule has 8 heteroatoms. The van der Waals surface area contributed by atoms with E-state index < -0.39 is 23.8 Å². The summed E-state index contributed by atoms with van der Waals surface area (Å²) < 4.78 is 39.1. The first-order valence-corrected chi connectivity index (χ1v) is 8.26. The van der Waals surface area contributed by atoms with Gasteiger partial charge >= 0.3 is 6.18 Å². The Kier molecular flexibility index (Phi) is 5.46. The van der Waals surface area contributed by atoms with E-state index in [2.05, 4.69) is 10.5 Å². The number of nitrogens with one attached hydrogen (secondary N) is 1. The van der Waals surface area contributed by atoms with E-state index in [0.29, 0.717) is 0 Å². The Morgan fingerprint density at radius 2 is 1.85 bits per heavy atom. The second-order valence-corrected chi connectivity index (χ2v) is 6.06. The molecule has 1 heterocycles. The number of hydrogen-bond acceptors (Lipinski definition) is 4. The number of nitrogens with zero attached hydrogens (tertiary/aromatic N) is 1. The van der Waals surface area contributed by atoms with Crippen LogP contribution in [0.15, 0.2) is 59.8 Å². The topological polar surface area (TPSA) is 70.9 Å². The number of benzene rings is 2. The summed E-state index contributed by atoms with van der Waals surface area (Å²) in [5, 5.41) is 16.3. The minimum atomic E-state index is -4.59. The van der Waals surface area contributed by atoms with Gasteiger partial charge in [0.15, 0.2) is 6.10 Å². The van der Waals surface area contributed by atoms with Crippen molar-refractivity contribution in [2.75, 3.05) is 6.54 Å². The molecular formula is C19H17F3N2O3. The number of oxime groups is 1. The van der Waals surface area contributed by atoms with Crippen molar-refractivity contribution in [3.63, 3.8) is 0 Å². The van der Waals surface area contributed by atoms with Crippen molar-refractivity contribution in [1.82, 2.24) is 5.32 Å². The quantitative estimate of drug-likeness (QED) is 0.838. The summed E-state index contributed by atoms with van der Waals surface area (Å²) in [6, 6.07) is 13.9. The Morgan fingerprint density at radius 1 is 1.19 bits per heavy atom. The third-order valence-electron chi connectivity index (χ3n) is 4.18. The van der Waals surface area contributed by atoms with Gasteiger partial charge < -0.3 is 15.3 Å². The first-order chi connectivity index (χ1) is 12.9. The van der Waals surface area contributed by atoms with Crippen LogP contribution >= 0.6 is 0 Å². The predicted molar refractivity (Wildman–Crippen MR) is 91.7 cm³/mol. The van der Waals surface area contributed by atoms with Gasteiger partial charge in [0, 0.05) is 13.0 Å². The normalized spacial score (nSPS) is 17.8. The van der Waals surface area contributed by atoms with Crippen LogP contribution in [0, 0.1) is 0 Å². The molecule has 0 radical (unpaired) electrons. The van der Waals surface area contributed by atoms with Crippen molar-refractivity contribution in [2.45, 2.75) is 24.8 Å². The molecule has 2 aromatic rings. The van der Waals surface area contributed by atoms with Crippen LogP contribution < -0.4 is 5.32 Å². The van der Waals surface area contributed by atoms with Gasteiger partial charge in [0.25, 0.3) is 5.91 Å². The third-order valence-corrected chi connectivity index (χ3v) is 4.18. The lowest BCUT2D eigenvalue weighted by Crippen LogP contribution is -2.34. The molecule has 0 saturated heterocycles. The molecule has 142 valence electrons. The second kappa shape index (κ2) is 7.79. The van der Waals surface area contributed by atoms with E-state index in [1.165, 1.54) is 18.2 Å². The number of halogens is 3. The average molecular weight is 378 g/mol. The number of aliphatic hydroxyl groups is 1. The number of rotatable bonds is 5. The van der Waals surface area contributed by atoms with Gasteiger partial charge in [0.2, 0.25) is 0 Å². The molecule has 0 bridgehead atoms. The van der Waals surface area contributed by atoms with Crippen LogP contribution in [-0.4, -0.2) is 23.3 Å². The Balaban J connectivity index is 1.59. The highest BCUT2D eigenvalue weighted by Crippen LogP contribution is 2.34. The zero-order valence-corrected chi connectivity index (χ0v) is 14.1. The Morgan fingerprint density at radius 3 is 2.56 bits per heavy atom. The maximum atomic E-state index is 13.0. The van der Waals surface area contributed by atoms with Crippen LogP contribution in [0.3, 0.4) is 0 Å². The van der Waals surface area contributed by atoms with Crippen LogP contribution in [0.4, 0.5) is 13.2 Å². The molecule has 1 aliphatic rings. The highest BCUT2D eigenvalue weighted by Gasteiger charge is 2.35. The van der Waals surface area contributed by atoms with Gasteiger partial charge in [0.05, 0.1) is 11.7 Å². The van der Waals surface area contributed by atoms with E-state index >= 15 is 0 Å². The number of carbonyl (C=O) groups is 1. The van der Waals surface area contributed by atoms with Crippen molar-refractivity contribution in [3.05, 3.63) is 71.3 Å². The Bertz CT molecular complexity index is 838. The highest BCUT2D eigenvalue weighted by atomic mass is 19.4. The average Bonchev–Trinajstić information content (AvgIpc) is 3.16. The summed E-state index contributed by atoms with van der Waals surface area (Å²) in [6.45, 7) is -0.374. The summed E-state index contributed by atoms with van der Waals surface area (Å²) in [5.41, 5.74) is -0.238. The maximum absolute atomic E-state index is 13.0. The monoisotopic (exact) mass is 378 g/mol. The molecule has 0 saturated carbocycles. The minimum absolute atomic E-state index is 0.125. The smallest absolute Gasteiger partial charge is 0.387 e. The van der Waals surface area contributed by atoms with Crippen LogP contribution in [0.5, 0.6) is 0 Å². The number of hydrogen-bond donors (Lipinski definition) is 2. The van der Waals surface area contributed by atoms with Crippen LogP contribution in [-0.2, 0) is 15.8 Å². The molecule has 2 N–H and O–H groups in total. The third kappa shape index (κ3) is 4.46. The molecule has 0 spiro atoms. The van der Waals surface area contributed by atoms with Crippen molar-refractivity contribution in [2.24, 2.45) is 5.16 Å². The van der Waals surface area contributed by atoms with Gasteiger partial charge in [-0.2, -0.15) is 13.2 Å². The lowest BCUT2D eigenvalue weighted by Gasteiger charge is -2.17. The van der Waals surface area contributed by atoms with Crippen LogP contribution in [0.25, 0.3) is 0 Å². The zero-order valence-electron chi connectivity index (χ0n) is 14.1. The molecule has 1 amide bonds. The van der Waals surface area contributed by atoms with Crippen molar-refractivity contribution in [1.29, 1.82) is 0 Å². The summed E-state index contributed by atoms with van der Waals surface area (Å²) in [4.78, 5) is 17.4. The number of aliphatic hydroxyl groups excluding tert-OH is 1. The fraction of sp³-hybridized carbons (Fsp3) is 0.263. The lowest BCUT2D eigenvalue weighted by atomic mass is 10.0. The summed E-state index contributed by atoms with van der Waals surface area (Å²) >= 11 is 0. The second-order valence-electron chi connectivity index (χ2n) is 6.06. The molecule has 5 nitrogen and oxygen atoms in total. The van der Waals surface area contributed by atoms with E-state index in [1.54, 1.807) is 0 Å². The molecule has 0 fully saturated rings. The minimum Gasteiger partial charge on any atom is -0.387 e. The number of carbonyl (C=O) groups excluding carboxylic acids is 1. The predicted octanol–water partition coefficient (Wildman–Crippen LogP) is 3.37. The van der Waals surface area contributed by atoms with Gasteiger partial charge in [-0.3, -0.25) is 4.79 Å². The molecule has 0 unspecified atom stereocenters.